The first-order valence-electron chi connectivity index (χ1n) is 12.2. The van der Waals surface area contributed by atoms with Gasteiger partial charge in [-0.1, -0.05) is 11.8 Å². The standard InChI is InChI=1S/C28H24F4N6O3/c1-17-13-19(28(30,31)32)14-24(35-17)38-23(16-34-27(38)41)26(40)37(21-9-7-20(29)8-10-21)12-4-5-18-6-11-22(33-15-18)25(39)36(2)3/h6-11,13-15,23H,12,16H2,1-3H3,(H,34,41)/t23-/m0/s1. The minimum Gasteiger partial charge on any atom is -0.343 e. The van der Waals surface area contributed by atoms with E-state index in [-0.39, 0.29) is 41.9 Å². The number of halogens is 4. The van der Waals surface area contributed by atoms with Gasteiger partial charge in [0.2, 0.25) is 0 Å². The largest absolute Gasteiger partial charge is 0.416 e. The van der Waals surface area contributed by atoms with Crippen molar-refractivity contribution in [2.24, 2.45) is 0 Å². The third kappa shape index (κ3) is 6.60. The van der Waals surface area contributed by atoms with Gasteiger partial charge in [-0.05, 0) is 55.5 Å². The Labute approximate surface area is 232 Å². The molecule has 0 radical (unpaired) electrons. The minimum atomic E-state index is -4.69. The lowest BCUT2D eigenvalue weighted by atomic mass is 10.1. The van der Waals surface area contributed by atoms with Crippen LogP contribution in [0.2, 0.25) is 0 Å². The van der Waals surface area contributed by atoms with E-state index in [1.54, 1.807) is 20.2 Å². The van der Waals surface area contributed by atoms with Gasteiger partial charge >= 0.3 is 12.2 Å². The quantitative estimate of drug-likeness (QED) is 0.375. The Morgan fingerprint density at radius 3 is 2.44 bits per heavy atom. The summed E-state index contributed by atoms with van der Waals surface area (Å²) < 4.78 is 54.0. The number of alkyl halides is 3. The predicted octanol–water partition coefficient (Wildman–Crippen LogP) is 3.63. The molecule has 4 amide bonds. The number of pyridine rings is 2. The average molecular weight is 569 g/mol. The molecule has 1 saturated heterocycles. The summed E-state index contributed by atoms with van der Waals surface area (Å²) in [4.78, 5) is 50.1. The summed E-state index contributed by atoms with van der Waals surface area (Å²) >= 11 is 0. The molecule has 13 heteroatoms. The molecule has 9 nitrogen and oxygen atoms in total. The molecule has 1 atom stereocenters. The highest BCUT2D eigenvalue weighted by Gasteiger charge is 2.41. The fourth-order valence-electron chi connectivity index (χ4n) is 4.04. The van der Waals surface area contributed by atoms with Crippen LogP contribution in [0.1, 0.15) is 27.3 Å². The van der Waals surface area contributed by atoms with Gasteiger partial charge in [0.1, 0.15) is 23.4 Å². The second-order valence-corrected chi connectivity index (χ2v) is 9.26. The van der Waals surface area contributed by atoms with Crippen LogP contribution in [-0.4, -0.2) is 65.9 Å². The molecule has 1 N–H and O–H groups in total. The van der Waals surface area contributed by atoms with E-state index >= 15 is 0 Å². The zero-order chi connectivity index (χ0) is 29.9. The van der Waals surface area contributed by atoms with Crippen LogP contribution in [-0.2, 0) is 11.0 Å². The van der Waals surface area contributed by atoms with Crippen LogP contribution in [0.15, 0.2) is 54.7 Å². The number of hydrogen-bond acceptors (Lipinski definition) is 5. The van der Waals surface area contributed by atoms with E-state index < -0.39 is 35.5 Å². The Balaban J connectivity index is 1.64. The van der Waals surface area contributed by atoms with Crippen molar-refractivity contribution < 1.29 is 31.9 Å². The fraction of sp³-hybridized carbons (Fsp3) is 0.250. The van der Waals surface area contributed by atoms with Crippen molar-refractivity contribution in [3.05, 3.63) is 83.1 Å². The van der Waals surface area contributed by atoms with E-state index in [1.807, 2.05) is 0 Å². The monoisotopic (exact) mass is 568 g/mol. The van der Waals surface area contributed by atoms with Gasteiger partial charge in [-0.3, -0.25) is 19.4 Å². The predicted molar refractivity (Wildman–Crippen MR) is 142 cm³/mol. The highest BCUT2D eigenvalue weighted by molar-refractivity contribution is 6.08. The molecule has 1 fully saturated rings. The van der Waals surface area contributed by atoms with Gasteiger partial charge in [0.05, 0.1) is 12.1 Å². The van der Waals surface area contributed by atoms with Gasteiger partial charge in [0.25, 0.3) is 11.8 Å². The zero-order valence-electron chi connectivity index (χ0n) is 22.2. The fourth-order valence-corrected chi connectivity index (χ4v) is 4.04. The first-order valence-corrected chi connectivity index (χ1v) is 12.2. The number of carbonyl (C=O) groups excluding carboxylic acids is 3. The summed E-state index contributed by atoms with van der Waals surface area (Å²) in [5, 5.41) is 2.48. The first kappa shape index (κ1) is 29.0. The van der Waals surface area contributed by atoms with Crippen molar-refractivity contribution in [2.75, 3.05) is 37.0 Å². The molecule has 0 spiro atoms. The summed E-state index contributed by atoms with van der Waals surface area (Å²) in [5.74, 6) is 3.83. The Bertz CT molecular complexity index is 1530. The molecule has 41 heavy (non-hydrogen) atoms. The molecule has 0 bridgehead atoms. The smallest absolute Gasteiger partial charge is 0.343 e. The number of nitrogens with zero attached hydrogens (tertiary/aromatic N) is 5. The van der Waals surface area contributed by atoms with E-state index in [0.717, 1.165) is 23.1 Å². The van der Waals surface area contributed by atoms with E-state index in [2.05, 4.69) is 27.1 Å². The van der Waals surface area contributed by atoms with Crippen molar-refractivity contribution >= 4 is 29.4 Å². The van der Waals surface area contributed by atoms with E-state index in [1.165, 1.54) is 41.1 Å². The van der Waals surface area contributed by atoms with Gasteiger partial charge < -0.3 is 10.2 Å². The van der Waals surface area contributed by atoms with Crippen LogP contribution < -0.4 is 15.1 Å². The maximum absolute atomic E-state index is 13.8. The van der Waals surface area contributed by atoms with Crippen LogP contribution in [0.5, 0.6) is 0 Å². The maximum Gasteiger partial charge on any atom is 0.416 e. The number of aryl methyl sites for hydroxylation is 1. The molecule has 212 valence electrons. The number of amides is 4. The Hall–Kier alpha value is -4.99. The second-order valence-electron chi connectivity index (χ2n) is 9.26. The lowest BCUT2D eigenvalue weighted by Gasteiger charge is -2.28. The highest BCUT2D eigenvalue weighted by atomic mass is 19.4. The van der Waals surface area contributed by atoms with Gasteiger partial charge in [-0.2, -0.15) is 13.2 Å². The normalized spacial score (nSPS) is 14.7. The van der Waals surface area contributed by atoms with Crippen molar-refractivity contribution in [1.29, 1.82) is 0 Å². The molecule has 0 aliphatic carbocycles. The van der Waals surface area contributed by atoms with Gasteiger partial charge in [0, 0.05) is 43.8 Å². The number of nitrogens with one attached hydrogen (secondary N) is 1. The summed E-state index contributed by atoms with van der Waals surface area (Å²) in [7, 11) is 3.19. The second kappa shape index (κ2) is 11.6. The van der Waals surface area contributed by atoms with E-state index in [9.17, 15) is 31.9 Å². The molecule has 3 aromatic rings. The zero-order valence-corrected chi connectivity index (χ0v) is 22.2. The van der Waals surface area contributed by atoms with Gasteiger partial charge in [-0.15, -0.1) is 0 Å². The molecule has 1 aromatic carbocycles. The van der Waals surface area contributed by atoms with E-state index in [4.69, 9.17) is 0 Å². The molecular formula is C28H24F4N6O3. The van der Waals surface area contributed by atoms with Crippen LogP contribution in [0.4, 0.5) is 33.9 Å². The van der Waals surface area contributed by atoms with Crippen LogP contribution in [0, 0.1) is 24.6 Å². The summed E-state index contributed by atoms with van der Waals surface area (Å²) in [6.45, 7) is 0.934. The van der Waals surface area contributed by atoms with Gasteiger partial charge in [-0.25, -0.2) is 19.2 Å². The van der Waals surface area contributed by atoms with Crippen LogP contribution in [0.3, 0.4) is 0 Å². The minimum absolute atomic E-state index is 0.00823. The third-order valence-corrected chi connectivity index (χ3v) is 6.04. The van der Waals surface area contributed by atoms with Crippen LogP contribution in [0.25, 0.3) is 0 Å². The number of aromatic nitrogens is 2. The number of carbonyl (C=O) groups is 3. The summed E-state index contributed by atoms with van der Waals surface area (Å²) in [5.41, 5.74) is -0.0772. The van der Waals surface area contributed by atoms with Crippen LogP contribution >= 0.6 is 0 Å². The molecule has 1 aliphatic rings. The summed E-state index contributed by atoms with van der Waals surface area (Å²) in [6.07, 6.45) is -3.29. The van der Waals surface area contributed by atoms with Crippen molar-refractivity contribution in [1.82, 2.24) is 20.2 Å². The molecule has 2 aromatic heterocycles. The average Bonchev–Trinajstić information content (AvgIpc) is 3.32. The summed E-state index contributed by atoms with van der Waals surface area (Å²) in [6, 6.07) is 7.56. The maximum atomic E-state index is 13.8. The van der Waals surface area contributed by atoms with E-state index in [0.29, 0.717) is 11.6 Å². The SMILES string of the molecule is Cc1cc(C(F)(F)F)cc(N2C(=O)NC[C@H]2C(=O)N(CC#Cc2ccc(C(=O)N(C)C)nc2)c2ccc(F)cc2)n1. The third-order valence-electron chi connectivity index (χ3n) is 6.04. The van der Waals surface area contributed by atoms with Crippen molar-refractivity contribution in [3.8, 4) is 11.8 Å². The molecule has 0 saturated carbocycles. The highest BCUT2D eigenvalue weighted by Crippen LogP contribution is 2.33. The molecule has 4 rings (SSSR count). The van der Waals surface area contributed by atoms with Crippen molar-refractivity contribution in [2.45, 2.75) is 19.1 Å². The number of anilines is 2. The lowest BCUT2D eigenvalue weighted by Crippen LogP contribution is -2.48. The Morgan fingerprint density at radius 2 is 1.83 bits per heavy atom. The number of urea groups is 1. The number of benzene rings is 1. The molecule has 0 unspecified atom stereocenters. The van der Waals surface area contributed by atoms with Gasteiger partial charge in [0.15, 0.2) is 0 Å². The topological polar surface area (TPSA) is 98.7 Å². The number of hydrogen-bond donors (Lipinski definition) is 1. The van der Waals surface area contributed by atoms with Crippen molar-refractivity contribution in [3.63, 3.8) is 0 Å². The molecular weight excluding hydrogens is 544 g/mol. The Kier molecular flexibility index (Phi) is 8.23. The first-order chi connectivity index (χ1) is 19.3. The molecule has 1 aliphatic heterocycles. The Morgan fingerprint density at radius 1 is 1.12 bits per heavy atom. The lowest BCUT2D eigenvalue weighted by molar-refractivity contribution is -0.137. The molecule has 3 heterocycles. The number of rotatable bonds is 5.